The molecule has 0 aliphatic carbocycles. The average molecular weight is 622 g/mol. The summed E-state index contributed by atoms with van der Waals surface area (Å²) in [5, 5.41) is 0. The van der Waals surface area contributed by atoms with Crippen molar-refractivity contribution in [3.8, 4) is 0 Å². The second kappa shape index (κ2) is 27.1. The van der Waals surface area contributed by atoms with Gasteiger partial charge in [-0.05, 0) is 0 Å². The molecule has 0 aromatic heterocycles. The molecule has 0 aromatic rings. The number of rotatable bonds is 0. The van der Waals surface area contributed by atoms with E-state index in [2.05, 4.69) is 0 Å². The Morgan fingerprint density at radius 1 is 1.00 bits per heavy atom. The molecule has 0 bridgehead atoms. The summed E-state index contributed by atoms with van der Waals surface area (Å²) in [6.45, 7) is 0. The maximum Gasteiger partial charge on any atom is 0 e. The molecule has 0 heterocycles. The Bertz CT molecular complexity index is 11.6. The molecule has 3 radical (unpaired) electrons. The quantitative estimate of drug-likeness (QED) is 0.334. The van der Waals surface area contributed by atoms with Crippen molar-refractivity contribution in [1.82, 2.24) is 0 Å². The van der Waals surface area contributed by atoms with Gasteiger partial charge in [0.1, 0.15) is 0 Å². The largest absolute Gasteiger partial charge is 0 e. The molecule has 0 N–H and O–H groups in total. The fourth-order valence-electron chi connectivity index (χ4n) is 0. The topological polar surface area (TPSA) is 0 Å². The third-order valence-electron chi connectivity index (χ3n) is 0. The van der Waals surface area contributed by atoms with E-state index in [-0.39, 0.29) is 99.4 Å². The fourth-order valence-corrected chi connectivity index (χ4v) is 0. The summed E-state index contributed by atoms with van der Waals surface area (Å²) in [6.07, 6.45) is 0. The Balaban J connectivity index is 0. The molecule has 5 heteroatoms. The number of hydrogen-bond acceptors (Lipinski definition) is 0. The Labute approximate surface area is 97.7 Å². The first-order valence-electron chi connectivity index (χ1n) is 0. The van der Waals surface area contributed by atoms with E-state index in [1.165, 1.54) is 0 Å². The van der Waals surface area contributed by atoms with Crippen molar-refractivity contribution in [3.63, 3.8) is 0 Å². The second-order valence-electron chi connectivity index (χ2n) is 0. The molecule has 0 unspecified atom stereocenters. The maximum absolute atomic E-state index is 0. The predicted molar refractivity (Wildman–Crippen MR) is 0 cm³/mol. The van der Waals surface area contributed by atoms with Crippen LogP contribution in [-0.2, 0) is 99.4 Å². The summed E-state index contributed by atoms with van der Waals surface area (Å²) < 4.78 is 0. The van der Waals surface area contributed by atoms with Gasteiger partial charge in [0.05, 0.1) is 0 Å². The van der Waals surface area contributed by atoms with E-state index >= 15 is 0 Å². The summed E-state index contributed by atoms with van der Waals surface area (Å²) in [5.41, 5.74) is 0. The van der Waals surface area contributed by atoms with E-state index in [0.29, 0.717) is 0 Å². The minimum atomic E-state index is 0. The monoisotopic (exact) mass is 620 g/mol. The van der Waals surface area contributed by atoms with Crippen LogP contribution in [0, 0.1) is 0 Å². The Kier molecular flexibility index (Phi) is 226. The van der Waals surface area contributed by atoms with Gasteiger partial charge in [0, 0.05) is 99.4 Å². The standard InChI is InChI=1S/Ag.Au.Cu.Ni.Pt. The van der Waals surface area contributed by atoms with E-state index < -0.39 is 0 Å². The third kappa shape index (κ3) is 19.0. The van der Waals surface area contributed by atoms with Crippen LogP contribution in [0.25, 0.3) is 0 Å². The Morgan fingerprint density at radius 2 is 1.00 bits per heavy atom. The van der Waals surface area contributed by atoms with Crippen LogP contribution in [0.5, 0.6) is 0 Å². The Hall–Kier alpha value is 3.18. The fraction of sp³-hybridized carbons (Fsp3) is 0. The molecular formula is AgAuCuNiPt. The van der Waals surface area contributed by atoms with Crippen molar-refractivity contribution in [3.05, 3.63) is 0 Å². The molecule has 0 saturated carbocycles. The van der Waals surface area contributed by atoms with Crippen molar-refractivity contribution in [2.45, 2.75) is 0 Å². The van der Waals surface area contributed by atoms with E-state index in [0.717, 1.165) is 0 Å². The minimum Gasteiger partial charge on any atom is 0 e. The van der Waals surface area contributed by atoms with Crippen LogP contribution in [0.3, 0.4) is 0 Å². The van der Waals surface area contributed by atoms with Gasteiger partial charge in [0.2, 0.25) is 0 Å². The second-order valence-corrected chi connectivity index (χ2v) is 0. The Morgan fingerprint density at radius 3 is 1.00 bits per heavy atom. The van der Waals surface area contributed by atoms with Crippen LogP contribution in [0.2, 0.25) is 0 Å². The van der Waals surface area contributed by atoms with Crippen LogP contribution < -0.4 is 0 Å². The summed E-state index contributed by atoms with van der Waals surface area (Å²) in [6, 6.07) is 0. The summed E-state index contributed by atoms with van der Waals surface area (Å²) in [7, 11) is 0. The van der Waals surface area contributed by atoms with Crippen LogP contribution in [0.1, 0.15) is 0 Å². The van der Waals surface area contributed by atoms with Gasteiger partial charge in [-0.25, -0.2) is 0 Å². The normalized spacial score (nSPS) is 0. The molecule has 0 aliphatic rings. The van der Waals surface area contributed by atoms with E-state index in [4.69, 9.17) is 0 Å². The first-order valence-corrected chi connectivity index (χ1v) is 0. The molecular weight excluding hydrogens is 622 g/mol. The van der Waals surface area contributed by atoms with E-state index in [1.54, 1.807) is 0 Å². The van der Waals surface area contributed by atoms with Crippen molar-refractivity contribution >= 4 is 0 Å². The molecule has 5 heavy (non-hydrogen) atoms. The zero-order chi connectivity index (χ0) is 0. The average Bonchev–Trinajstić information content (AvgIpc) is 0. The molecule has 0 fully saturated rings. The van der Waals surface area contributed by atoms with Gasteiger partial charge < -0.3 is 0 Å². The smallest absolute Gasteiger partial charge is 0 e. The molecule has 0 rings (SSSR count). The van der Waals surface area contributed by atoms with Crippen molar-refractivity contribution in [2.75, 3.05) is 0 Å². The molecule has 0 nitrogen and oxygen atoms in total. The van der Waals surface area contributed by atoms with Crippen LogP contribution in [0.15, 0.2) is 0 Å². The zero-order valence-corrected chi connectivity index (χ0v) is 9.39. The van der Waals surface area contributed by atoms with Crippen molar-refractivity contribution < 1.29 is 99.4 Å². The van der Waals surface area contributed by atoms with E-state index in [1.807, 2.05) is 0 Å². The number of hydrogen-bond donors (Lipinski definition) is 0. The van der Waals surface area contributed by atoms with Gasteiger partial charge in [-0.3, -0.25) is 0 Å². The van der Waals surface area contributed by atoms with Crippen LogP contribution in [-0.4, -0.2) is 0 Å². The molecule has 0 aliphatic heterocycles. The molecule has 0 aromatic carbocycles. The van der Waals surface area contributed by atoms with Gasteiger partial charge in [-0.15, -0.1) is 0 Å². The van der Waals surface area contributed by atoms with Gasteiger partial charge in [0.15, 0.2) is 0 Å². The van der Waals surface area contributed by atoms with Gasteiger partial charge in [-0.2, -0.15) is 0 Å². The third-order valence-corrected chi connectivity index (χ3v) is 0. The van der Waals surface area contributed by atoms with E-state index in [9.17, 15) is 0 Å². The van der Waals surface area contributed by atoms with Gasteiger partial charge in [0.25, 0.3) is 0 Å². The van der Waals surface area contributed by atoms with Crippen LogP contribution >= 0.6 is 0 Å². The zero-order valence-electron chi connectivity index (χ0n) is 1.54. The first kappa shape index (κ1) is 41.7. The summed E-state index contributed by atoms with van der Waals surface area (Å²) >= 11 is 0. The summed E-state index contributed by atoms with van der Waals surface area (Å²) in [4.78, 5) is 0. The molecule has 53 valence electrons. The first-order chi connectivity index (χ1) is 0. The SMILES string of the molecule is [Ag].[Au].[Cu].[Ni].[Pt]. The maximum atomic E-state index is 0. The van der Waals surface area contributed by atoms with Gasteiger partial charge >= 0.3 is 0 Å². The molecule has 0 spiro atoms. The summed E-state index contributed by atoms with van der Waals surface area (Å²) in [5.74, 6) is 0. The van der Waals surface area contributed by atoms with Crippen molar-refractivity contribution in [1.29, 1.82) is 0 Å². The van der Waals surface area contributed by atoms with Gasteiger partial charge in [-0.1, -0.05) is 0 Å². The van der Waals surface area contributed by atoms with Crippen molar-refractivity contribution in [2.24, 2.45) is 0 Å². The molecule has 0 saturated heterocycles. The van der Waals surface area contributed by atoms with Crippen LogP contribution in [0.4, 0.5) is 0 Å². The molecule has 0 atom stereocenters. The molecule has 0 amide bonds. The minimum absolute atomic E-state index is 0. The predicted octanol–water partition coefficient (Wildman–Crippen LogP) is -0.0125.